The minimum atomic E-state index is -0.123. The van der Waals surface area contributed by atoms with Crippen LogP contribution in [0.25, 0.3) is 55.0 Å². The van der Waals surface area contributed by atoms with E-state index in [4.69, 9.17) is 0 Å². The lowest BCUT2D eigenvalue weighted by Crippen LogP contribution is -2.61. The van der Waals surface area contributed by atoms with E-state index in [1.165, 1.54) is 116 Å². The van der Waals surface area contributed by atoms with Crippen LogP contribution in [0.15, 0.2) is 188 Å². The predicted molar refractivity (Wildman–Crippen MR) is 324 cm³/mol. The van der Waals surface area contributed by atoms with E-state index >= 15 is 0 Å². The van der Waals surface area contributed by atoms with Crippen LogP contribution in [0, 0.1) is 0 Å². The summed E-state index contributed by atoms with van der Waals surface area (Å²) < 4.78 is 5.14. The van der Waals surface area contributed by atoms with Crippen molar-refractivity contribution in [1.29, 1.82) is 0 Å². The molecule has 0 saturated carbocycles. The summed E-state index contributed by atoms with van der Waals surface area (Å²) in [5.74, 6) is 0. The monoisotopic (exact) mass is 975 g/mol. The van der Waals surface area contributed by atoms with Crippen molar-refractivity contribution < 1.29 is 0 Å². The zero-order valence-electron chi connectivity index (χ0n) is 45.8. The average Bonchev–Trinajstić information content (AvgIpc) is 3.90. The number of nitrogens with zero attached hydrogens (tertiary/aromatic N) is 4. The second-order valence-electron chi connectivity index (χ2n) is 25.4. The van der Waals surface area contributed by atoms with Gasteiger partial charge >= 0.3 is 0 Å². The van der Waals surface area contributed by atoms with Gasteiger partial charge in [0.1, 0.15) is 0 Å². The standard InChI is InChI=1S/C70H67BN4/c1-67(2,3)50-28-15-19-34-58(50)74-60-40-38-44(72-56-32-17-13-24-46(56)48-26-21-30-52(65(48)72)69(7,8)9)42-54(60)71-55-43-45(73-57-33-18-14-25-47(57)49-27-22-31-53(66(49)73)70(10,11)12)39-41-61(55)75(63-37-23-36-62(74)64(63)71)59-35-20-16-29-51(59)68(4,5)6/h13-43H,1-12H3. The largest absolute Gasteiger partial charge is 0.311 e. The van der Waals surface area contributed by atoms with Crippen LogP contribution in [0.3, 0.4) is 0 Å². The van der Waals surface area contributed by atoms with Crippen LogP contribution in [0.1, 0.15) is 105 Å². The van der Waals surface area contributed by atoms with E-state index in [1.54, 1.807) is 0 Å². The summed E-state index contributed by atoms with van der Waals surface area (Å²) in [5, 5.41) is 5.11. The molecule has 4 nitrogen and oxygen atoms in total. The number of rotatable bonds is 4. The average molecular weight is 975 g/mol. The molecular weight excluding hydrogens is 908 g/mol. The van der Waals surface area contributed by atoms with E-state index in [-0.39, 0.29) is 28.4 Å². The second kappa shape index (κ2) is 16.4. The maximum absolute atomic E-state index is 2.60. The van der Waals surface area contributed by atoms with Gasteiger partial charge in [0.05, 0.1) is 22.1 Å². The molecule has 0 spiro atoms. The van der Waals surface area contributed by atoms with E-state index in [0.29, 0.717) is 0 Å². The highest BCUT2D eigenvalue weighted by molar-refractivity contribution is 7.00. The summed E-state index contributed by atoms with van der Waals surface area (Å²) in [5.41, 5.74) is 23.3. The molecule has 0 radical (unpaired) electrons. The lowest BCUT2D eigenvalue weighted by Gasteiger charge is -2.45. The Labute approximate surface area is 444 Å². The molecule has 0 atom stereocenters. The summed E-state index contributed by atoms with van der Waals surface area (Å²) in [6.07, 6.45) is 0. The lowest BCUT2D eigenvalue weighted by molar-refractivity contribution is 0.591. The molecule has 5 heteroatoms. The highest BCUT2D eigenvalue weighted by atomic mass is 15.2. The number of anilines is 6. The topological polar surface area (TPSA) is 16.3 Å². The fourth-order valence-corrected chi connectivity index (χ4v) is 13.1. The predicted octanol–water partition coefficient (Wildman–Crippen LogP) is 17.2. The van der Waals surface area contributed by atoms with Crippen molar-refractivity contribution in [3.63, 3.8) is 0 Å². The molecule has 0 aliphatic carbocycles. The Hall–Kier alpha value is -7.76. The molecule has 13 rings (SSSR count). The summed E-state index contributed by atoms with van der Waals surface area (Å²) in [6, 6.07) is 71.9. The van der Waals surface area contributed by atoms with Crippen LogP contribution >= 0.6 is 0 Å². The molecule has 0 fully saturated rings. The van der Waals surface area contributed by atoms with Crippen molar-refractivity contribution in [3.8, 4) is 11.4 Å². The molecular formula is C70H67BN4. The number of hydrogen-bond acceptors (Lipinski definition) is 2. The number of fused-ring (bicyclic) bond motifs is 10. The zero-order valence-corrected chi connectivity index (χ0v) is 45.8. The third-order valence-electron chi connectivity index (χ3n) is 16.4. The molecule has 0 N–H and O–H groups in total. The highest BCUT2D eigenvalue weighted by Gasteiger charge is 2.45. The van der Waals surface area contributed by atoms with Crippen molar-refractivity contribution in [2.24, 2.45) is 0 Å². The highest BCUT2D eigenvalue weighted by Crippen LogP contribution is 2.49. The molecule has 2 aliphatic heterocycles. The van der Waals surface area contributed by atoms with Gasteiger partial charge < -0.3 is 18.9 Å². The van der Waals surface area contributed by atoms with Gasteiger partial charge in [0, 0.05) is 67.0 Å². The van der Waals surface area contributed by atoms with Gasteiger partial charge in [-0.2, -0.15) is 0 Å². The van der Waals surface area contributed by atoms with Crippen molar-refractivity contribution in [2.45, 2.75) is 105 Å². The Morgan fingerprint density at radius 2 is 0.627 bits per heavy atom. The van der Waals surface area contributed by atoms with Crippen LogP contribution in [-0.4, -0.2) is 15.8 Å². The van der Waals surface area contributed by atoms with Crippen LogP contribution in [0.4, 0.5) is 34.1 Å². The Balaban J connectivity index is 1.18. The Morgan fingerprint density at radius 1 is 0.293 bits per heavy atom. The van der Waals surface area contributed by atoms with Gasteiger partial charge in [0.25, 0.3) is 6.71 Å². The van der Waals surface area contributed by atoms with E-state index < -0.39 is 0 Å². The normalized spacial score (nSPS) is 13.8. The SMILES string of the molecule is CC(C)(C)c1ccccc1N1c2ccc(-n3c4ccccc4c4cccc(C(C)(C)C)c43)cc2B2c3cc(-n4c5ccccc5c5cccc(C(C)(C)C)c54)ccc3N(c3ccccc3C(C)(C)C)c3cccc1c32. The first-order chi connectivity index (χ1) is 35.8. The summed E-state index contributed by atoms with van der Waals surface area (Å²) in [4.78, 5) is 5.21. The fraction of sp³-hybridized carbons (Fsp3) is 0.229. The van der Waals surface area contributed by atoms with Crippen molar-refractivity contribution in [1.82, 2.24) is 9.13 Å². The molecule has 2 aromatic heterocycles. The van der Waals surface area contributed by atoms with Crippen LogP contribution in [-0.2, 0) is 21.7 Å². The summed E-state index contributed by atoms with van der Waals surface area (Å²) in [6.45, 7) is 28.1. The van der Waals surface area contributed by atoms with Gasteiger partial charge in [-0.05, 0) is 133 Å². The van der Waals surface area contributed by atoms with Gasteiger partial charge in [-0.25, -0.2) is 0 Å². The number of aromatic nitrogens is 2. The molecule has 0 amide bonds. The minimum absolute atomic E-state index is 0.0909. The first-order valence-corrected chi connectivity index (χ1v) is 27.1. The van der Waals surface area contributed by atoms with Gasteiger partial charge in [-0.3, -0.25) is 0 Å². The Bertz CT molecular complexity index is 3870. The quantitative estimate of drug-likeness (QED) is 0.163. The van der Waals surface area contributed by atoms with E-state index in [2.05, 4.69) is 290 Å². The van der Waals surface area contributed by atoms with Crippen molar-refractivity contribution in [3.05, 3.63) is 210 Å². The van der Waals surface area contributed by atoms with Gasteiger partial charge in [-0.15, -0.1) is 0 Å². The molecule has 11 aromatic rings. The van der Waals surface area contributed by atoms with E-state index in [1.807, 2.05) is 0 Å². The second-order valence-corrected chi connectivity index (χ2v) is 25.4. The number of benzene rings is 9. The zero-order chi connectivity index (χ0) is 52.1. The van der Waals surface area contributed by atoms with Crippen LogP contribution in [0.5, 0.6) is 0 Å². The number of para-hydroxylation sites is 6. The minimum Gasteiger partial charge on any atom is -0.311 e. The molecule has 2 aliphatic rings. The third-order valence-corrected chi connectivity index (χ3v) is 16.4. The van der Waals surface area contributed by atoms with Crippen molar-refractivity contribution >= 4 is 101 Å². The molecule has 0 unspecified atom stereocenters. The fourth-order valence-electron chi connectivity index (χ4n) is 13.1. The van der Waals surface area contributed by atoms with Crippen LogP contribution in [0.2, 0.25) is 0 Å². The number of hydrogen-bond donors (Lipinski definition) is 0. The van der Waals surface area contributed by atoms with E-state index in [9.17, 15) is 0 Å². The smallest absolute Gasteiger partial charge is 0.252 e. The maximum Gasteiger partial charge on any atom is 0.252 e. The van der Waals surface area contributed by atoms with Crippen LogP contribution < -0.4 is 26.2 Å². The molecule has 370 valence electrons. The summed E-state index contributed by atoms with van der Waals surface area (Å²) in [7, 11) is 0. The Morgan fingerprint density at radius 3 is 1.04 bits per heavy atom. The van der Waals surface area contributed by atoms with Gasteiger partial charge in [0.15, 0.2) is 0 Å². The van der Waals surface area contributed by atoms with Crippen molar-refractivity contribution in [2.75, 3.05) is 9.80 Å². The summed E-state index contributed by atoms with van der Waals surface area (Å²) >= 11 is 0. The lowest BCUT2D eigenvalue weighted by atomic mass is 9.33. The van der Waals surface area contributed by atoms with Gasteiger partial charge in [0.2, 0.25) is 0 Å². The molecule has 0 saturated heterocycles. The molecule has 9 aromatic carbocycles. The van der Waals surface area contributed by atoms with Gasteiger partial charge in [-0.1, -0.05) is 198 Å². The third kappa shape index (κ3) is 7.10. The first-order valence-electron chi connectivity index (χ1n) is 27.1. The molecule has 0 bridgehead atoms. The molecule has 4 heterocycles. The first kappa shape index (κ1) is 47.0. The molecule has 75 heavy (non-hydrogen) atoms. The Kier molecular flexibility index (Phi) is 10.3. The van der Waals surface area contributed by atoms with E-state index in [0.717, 1.165) is 11.4 Å². The maximum atomic E-state index is 2.60.